The molecular formula is C18H16N2O2S2. The molecule has 1 aromatic carbocycles. The summed E-state index contributed by atoms with van der Waals surface area (Å²) in [6.07, 6.45) is 0.324. The normalized spacial score (nSPS) is 10.3. The minimum absolute atomic E-state index is 0.0150. The van der Waals surface area contributed by atoms with Gasteiger partial charge in [0.05, 0.1) is 17.8 Å². The fourth-order valence-electron chi connectivity index (χ4n) is 2.15. The molecule has 0 bridgehead atoms. The Hall–Kier alpha value is -2.44. The van der Waals surface area contributed by atoms with Gasteiger partial charge in [0.1, 0.15) is 0 Å². The van der Waals surface area contributed by atoms with Crippen LogP contribution >= 0.6 is 22.7 Å². The third-order valence-corrected chi connectivity index (χ3v) is 5.11. The molecule has 3 aromatic rings. The first kappa shape index (κ1) is 16.4. The molecule has 0 aliphatic carbocycles. The number of carbonyl (C=O) groups is 2. The Labute approximate surface area is 148 Å². The van der Waals surface area contributed by atoms with Gasteiger partial charge in [-0.15, -0.1) is 22.7 Å². The fraction of sp³-hybridized carbons (Fsp3) is 0.111. The highest BCUT2D eigenvalue weighted by atomic mass is 32.1. The summed E-state index contributed by atoms with van der Waals surface area (Å²) in [4.78, 5) is 25.7. The quantitative estimate of drug-likeness (QED) is 0.703. The summed E-state index contributed by atoms with van der Waals surface area (Å²) < 4.78 is 0. The molecule has 2 N–H and O–H groups in total. The standard InChI is InChI=1S/C18H16N2O2S2/c21-17(19-12-15-3-1-9-23-15)11-13-5-7-14(8-6-13)20-18(22)16-4-2-10-24-16/h1-10H,11-12H2,(H,19,21)(H,20,22). The molecule has 0 radical (unpaired) electrons. The van der Waals surface area contributed by atoms with E-state index in [1.807, 2.05) is 53.2 Å². The topological polar surface area (TPSA) is 58.2 Å². The Morgan fingerprint density at radius 2 is 1.67 bits per heavy atom. The van der Waals surface area contributed by atoms with Gasteiger partial charge in [-0.1, -0.05) is 24.3 Å². The number of hydrogen-bond acceptors (Lipinski definition) is 4. The Balaban J connectivity index is 1.50. The first-order valence-corrected chi connectivity index (χ1v) is 9.19. The summed E-state index contributed by atoms with van der Waals surface area (Å²) in [6, 6.07) is 14.9. The zero-order valence-corrected chi connectivity index (χ0v) is 14.5. The second-order valence-corrected chi connectivity index (χ2v) is 7.14. The van der Waals surface area contributed by atoms with Gasteiger partial charge in [-0.05, 0) is 40.6 Å². The summed E-state index contributed by atoms with van der Waals surface area (Å²) in [5, 5.41) is 9.60. The number of thiophene rings is 2. The Bertz CT molecular complexity index is 794. The Morgan fingerprint density at radius 3 is 2.33 bits per heavy atom. The summed E-state index contributed by atoms with van der Waals surface area (Å²) in [7, 11) is 0. The zero-order chi connectivity index (χ0) is 16.8. The van der Waals surface area contributed by atoms with Gasteiger partial charge in [0, 0.05) is 10.6 Å². The van der Waals surface area contributed by atoms with E-state index in [9.17, 15) is 9.59 Å². The van der Waals surface area contributed by atoms with Gasteiger partial charge in [-0.25, -0.2) is 0 Å². The number of nitrogens with one attached hydrogen (secondary N) is 2. The van der Waals surface area contributed by atoms with E-state index in [0.717, 1.165) is 16.1 Å². The minimum atomic E-state index is -0.119. The van der Waals surface area contributed by atoms with Gasteiger partial charge in [0.2, 0.25) is 5.91 Å². The van der Waals surface area contributed by atoms with E-state index in [-0.39, 0.29) is 11.8 Å². The van der Waals surface area contributed by atoms with Crippen molar-refractivity contribution in [2.75, 3.05) is 5.32 Å². The first-order valence-electron chi connectivity index (χ1n) is 7.43. The lowest BCUT2D eigenvalue weighted by molar-refractivity contribution is -0.120. The van der Waals surface area contributed by atoms with Gasteiger partial charge in [-0.3, -0.25) is 9.59 Å². The van der Waals surface area contributed by atoms with Crippen LogP contribution in [0.1, 0.15) is 20.1 Å². The highest BCUT2D eigenvalue weighted by Gasteiger charge is 2.08. The number of carbonyl (C=O) groups excluding carboxylic acids is 2. The smallest absolute Gasteiger partial charge is 0.265 e. The van der Waals surface area contributed by atoms with Crippen LogP contribution in [0.2, 0.25) is 0 Å². The van der Waals surface area contributed by atoms with Crippen LogP contribution in [-0.4, -0.2) is 11.8 Å². The molecule has 24 heavy (non-hydrogen) atoms. The molecule has 0 fully saturated rings. The maximum atomic E-state index is 12.0. The number of anilines is 1. The van der Waals surface area contributed by atoms with Crippen molar-refractivity contribution in [3.8, 4) is 0 Å². The molecule has 4 nitrogen and oxygen atoms in total. The largest absolute Gasteiger partial charge is 0.351 e. The average molecular weight is 356 g/mol. The molecule has 2 amide bonds. The average Bonchev–Trinajstić information content (AvgIpc) is 3.28. The summed E-state index contributed by atoms with van der Waals surface area (Å²) in [5.41, 5.74) is 1.63. The van der Waals surface area contributed by atoms with Gasteiger partial charge in [0.15, 0.2) is 0 Å². The van der Waals surface area contributed by atoms with E-state index in [1.165, 1.54) is 11.3 Å². The molecule has 0 atom stereocenters. The molecule has 0 saturated carbocycles. The highest BCUT2D eigenvalue weighted by Crippen LogP contribution is 2.14. The highest BCUT2D eigenvalue weighted by molar-refractivity contribution is 7.12. The Kier molecular flexibility index (Phi) is 5.40. The van der Waals surface area contributed by atoms with Crippen LogP contribution in [0.3, 0.4) is 0 Å². The van der Waals surface area contributed by atoms with Gasteiger partial charge < -0.3 is 10.6 Å². The maximum Gasteiger partial charge on any atom is 0.265 e. The van der Waals surface area contributed by atoms with Crippen LogP contribution in [0.15, 0.2) is 59.3 Å². The Morgan fingerprint density at radius 1 is 0.917 bits per heavy atom. The molecule has 2 heterocycles. The first-order chi connectivity index (χ1) is 11.7. The van der Waals surface area contributed by atoms with E-state index in [1.54, 1.807) is 17.4 Å². The third kappa shape index (κ3) is 4.53. The van der Waals surface area contributed by atoms with Gasteiger partial charge in [0.25, 0.3) is 5.91 Å². The molecule has 0 spiro atoms. The van der Waals surface area contributed by atoms with Crippen LogP contribution in [0, 0.1) is 0 Å². The van der Waals surface area contributed by atoms with Crippen molar-refractivity contribution in [2.45, 2.75) is 13.0 Å². The summed E-state index contributed by atoms with van der Waals surface area (Å²) >= 11 is 3.03. The van der Waals surface area contributed by atoms with Gasteiger partial charge in [-0.2, -0.15) is 0 Å². The molecule has 6 heteroatoms. The lowest BCUT2D eigenvalue weighted by Crippen LogP contribution is -2.24. The third-order valence-electron chi connectivity index (χ3n) is 3.36. The molecule has 0 aliphatic heterocycles. The molecule has 0 unspecified atom stereocenters. The van der Waals surface area contributed by atoms with E-state index in [2.05, 4.69) is 10.6 Å². The molecule has 122 valence electrons. The van der Waals surface area contributed by atoms with E-state index >= 15 is 0 Å². The van der Waals surface area contributed by atoms with Crippen molar-refractivity contribution in [2.24, 2.45) is 0 Å². The zero-order valence-electron chi connectivity index (χ0n) is 12.8. The van der Waals surface area contributed by atoms with Crippen molar-refractivity contribution < 1.29 is 9.59 Å². The van der Waals surface area contributed by atoms with Crippen molar-refractivity contribution in [3.05, 3.63) is 74.6 Å². The predicted octanol–water partition coefficient (Wildman–Crippen LogP) is 3.92. The monoisotopic (exact) mass is 356 g/mol. The minimum Gasteiger partial charge on any atom is -0.351 e. The van der Waals surface area contributed by atoms with Crippen LogP contribution < -0.4 is 10.6 Å². The molecule has 3 rings (SSSR count). The van der Waals surface area contributed by atoms with Crippen molar-refractivity contribution in [1.82, 2.24) is 5.32 Å². The second-order valence-electron chi connectivity index (χ2n) is 5.16. The summed E-state index contributed by atoms with van der Waals surface area (Å²) in [6.45, 7) is 0.561. The predicted molar refractivity (Wildman–Crippen MR) is 98.6 cm³/mol. The molecule has 0 aliphatic rings. The van der Waals surface area contributed by atoms with Crippen LogP contribution in [-0.2, 0) is 17.8 Å². The molecule has 2 aromatic heterocycles. The van der Waals surface area contributed by atoms with Crippen molar-refractivity contribution >= 4 is 40.2 Å². The van der Waals surface area contributed by atoms with Crippen LogP contribution in [0.4, 0.5) is 5.69 Å². The number of rotatable bonds is 6. The van der Waals surface area contributed by atoms with Crippen LogP contribution in [0.5, 0.6) is 0 Å². The van der Waals surface area contributed by atoms with Crippen LogP contribution in [0.25, 0.3) is 0 Å². The number of benzene rings is 1. The SMILES string of the molecule is O=C(Cc1ccc(NC(=O)c2cccs2)cc1)NCc1cccs1. The fourth-order valence-corrected chi connectivity index (χ4v) is 3.42. The number of amides is 2. The lowest BCUT2D eigenvalue weighted by Gasteiger charge is -2.06. The number of hydrogen-bond donors (Lipinski definition) is 2. The van der Waals surface area contributed by atoms with E-state index in [0.29, 0.717) is 17.8 Å². The van der Waals surface area contributed by atoms with E-state index < -0.39 is 0 Å². The molecule has 0 saturated heterocycles. The molecular weight excluding hydrogens is 340 g/mol. The van der Waals surface area contributed by atoms with Gasteiger partial charge >= 0.3 is 0 Å². The summed E-state index contributed by atoms with van der Waals surface area (Å²) in [5.74, 6) is -0.134. The van der Waals surface area contributed by atoms with Crippen molar-refractivity contribution in [1.29, 1.82) is 0 Å². The second kappa shape index (κ2) is 7.90. The van der Waals surface area contributed by atoms with E-state index in [4.69, 9.17) is 0 Å². The van der Waals surface area contributed by atoms with Crippen molar-refractivity contribution in [3.63, 3.8) is 0 Å². The maximum absolute atomic E-state index is 12.0. The lowest BCUT2D eigenvalue weighted by atomic mass is 10.1.